The number of nitrogens with zero attached hydrogens (tertiary/aromatic N) is 4. The average Bonchev–Trinajstić information content (AvgIpc) is 2.92. The number of fused-ring (bicyclic) bond motifs is 1. The summed E-state index contributed by atoms with van der Waals surface area (Å²) in [5.74, 6) is 0.625. The Hall–Kier alpha value is -2.35. The van der Waals surface area contributed by atoms with E-state index in [1.807, 2.05) is 56.7 Å². The van der Waals surface area contributed by atoms with Gasteiger partial charge in [0.1, 0.15) is 11.6 Å². The molecule has 0 unspecified atom stereocenters. The van der Waals surface area contributed by atoms with Gasteiger partial charge in [0.05, 0.1) is 17.6 Å². The van der Waals surface area contributed by atoms with Crippen LogP contribution in [0.15, 0.2) is 53.2 Å². The molecular weight excluding hydrogens is 385 g/mol. The second-order valence-corrected chi connectivity index (χ2v) is 8.68. The van der Waals surface area contributed by atoms with Crippen molar-refractivity contribution in [2.24, 2.45) is 5.73 Å². The third kappa shape index (κ3) is 4.63. The van der Waals surface area contributed by atoms with Gasteiger partial charge in [0, 0.05) is 36.8 Å². The van der Waals surface area contributed by atoms with Crippen LogP contribution >= 0.6 is 11.9 Å². The number of rotatable bonds is 7. The van der Waals surface area contributed by atoms with Crippen molar-refractivity contribution in [3.63, 3.8) is 0 Å². The quantitative estimate of drug-likeness (QED) is 0.580. The van der Waals surface area contributed by atoms with Crippen LogP contribution in [-0.2, 0) is 6.54 Å². The molecule has 2 N–H and O–H groups in total. The van der Waals surface area contributed by atoms with Gasteiger partial charge in [-0.15, -0.1) is 0 Å². The summed E-state index contributed by atoms with van der Waals surface area (Å²) in [5.41, 5.74) is 10.4. The van der Waals surface area contributed by atoms with Crippen molar-refractivity contribution in [1.29, 1.82) is 0 Å². The average molecular weight is 414 g/mol. The highest BCUT2D eigenvalue weighted by Gasteiger charge is 2.19. The molecule has 0 saturated heterocycles. The molecular formula is C22H28FN5S. The molecule has 154 valence electrons. The lowest BCUT2D eigenvalue weighted by molar-refractivity contribution is 0.555. The van der Waals surface area contributed by atoms with E-state index >= 15 is 0 Å². The maximum atomic E-state index is 14.3. The van der Waals surface area contributed by atoms with Gasteiger partial charge in [-0.25, -0.2) is 9.37 Å². The van der Waals surface area contributed by atoms with Gasteiger partial charge in [0.25, 0.3) is 0 Å². The Morgan fingerprint density at radius 3 is 2.62 bits per heavy atom. The molecule has 7 heteroatoms. The summed E-state index contributed by atoms with van der Waals surface area (Å²) in [7, 11) is 7.98. The molecule has 3 rings (SSSR count). The lowest BCUT2D eigenvalue weighted by Crippen LogP contribution is -2.10. The van der Waals surface area contributed by atoms with E-state index in [0.29, 0.717) is 0 Å². The first-order chi connectivity index (χ1) is 13.8. The SMILES string of the molecule is Cc1c(-c2cccc(SN(C)C)c2)c2nc(N(C)C)ccc2n1C/C(F)=C/CN. The maximum absolute atomic E-state index is 14.3. The summed E-state index contributed by atoms with van der Waals surface area (Å²) in [5, 5.41) is 0. The highest BCUT2D eigenvalue weighted by Crippen LogP contribution is 2.36. The maximum Gasteiger partial charge on any atom is 0.128 e. The Morgan fingerprint density at radius 2 is 1.97 bits per heavy atom. The molecule has 0 aliphatic rings. The third-order valence-electron chi connectivity index (χ3n) is 4.67. The fourth-order valence-electron chi connectivity index (χ4n) is 3.39. The molecule has 29 heavy (non-hydrogen) atoms. The van der Waals surface area contributed by atoms with Crippen molar-refractivity contribution in [1.82, 2.24) is 13.9 Å². The van der Waals surface area contributed by atoms with E-state index in [4.69, 9.17) is 10.7 Å². The lowest BCUT2D eigenvalue weighted by Gasteiger charge is -2.12. The zero-order chi connectivity index (χ0) is 21.1. The van der Waals surface area contributed by atoms with Gasteiger partial charge in [-0.1, -0.05) is 12.1 Å². The van der Waals surface area contributed by atoms with Gasteiger partial charge in [-0.3, -0.25) is 4.31 Å². The van der Waals surface area contributed by atoms with Gasteiger partial charge >= 0.3 is 0 Å². The van der Waals surface area contributed by atoms with E-state index in [1.165, 1.54) is 6.08 Å². The van der Waals surface area contributed by atoms with Crippen LogP contribution in [0.3, 0.4) is 0 Å². The predicted octanol–water partition coefficient (Wildman–Crippen LogP) is 4.46. The summed E-state index contributed by atoms with van der Waals surface area (Å²) >= 11 is 1.67. The van der Waals surface area contributed by atoms with Crippen LogP contribution < -0.4 is 10.6 Å². The van der Waals surface area contributed by atoms with Gasteiger partial charge < -0.3 is 15.2 Å². The number of hydrogen-bond donors (Lipinski definition) is 1. The number of benzene rings is 1. The Bertz CT molecular complexity index is 1040. The summed E-state index contributed by atoms with van der Waals surface area (Å²) < 4.78 is 18.4. The van der Waals surface area contributed by atoms with Crippen LogP contribution in [0.5, 0.6) is 0 Å². The van der Waals surface area contributed by atoms with E-state index in [0.717, 1.165) is 38.6 Å². The van der Waals surface area contributed by atoms with Crippen molar-refractivity contribution in [2.45, 2.75) is 18.4 Å². The van der Waals surface area contributed by atoms with E-state index in [-0.39, 0.29) is 18.9 Å². The van der Waals surface area contributed by atoms with Gasteiger partial charge in [0.2, 0.25) is 0 Å². The monoisotopic (exact) mass is 413 g/mol. The lowest BCUT2D eigenvalue weighted by atomic mass is 10.1. The number of pyridine rings is 1. The first-order valence-corrected chi connectivity index (χ1v) is 10.3. The molecule has 0 spiro atoms. The minimum atomic E-state index is -0.243. The fourth-order valence-corrected chi connectivity index (χ4v) is 4.13. The summed E-state index contributed by atoms with van der Waals surface area (Å²) in [6.45, 7) is 2.35. The molecule has 1 aromatic carbocycles. The molecule has 0 saturated carbocycles. The molecule has 0 bridgehead atoms. The van der Waals surface area contributed by atoms with Crippen LogP contribution in [0.25, 0.3) is 22.2 Å². The topological polar surface area (TPSA) is 50.3 Å². The highest BCUT2D eigenvalue weighted by molar-refractivity contribution is 7.97. The number of halogens is 1. The predicted molar refractivity (Wildman–Crippen MR) is 122 cm³/mol. The third-order valence-corrected chi connectivity index (χ3v) is 5.50. The second-order valence-electron chi connectivity index (χ2n) is 7.30. The largest absolute Gasteiger partial charge is 0.363 e. The molecule has 0 aliphatic heterocycles. The summed E-state index contributed by atoms with van der Waals surface area (Å²) in [6, 6.07) is 12.4. The minimum Gasteiger partial charge on any atom is -0.363 e. The highest BCUT2D eigenvalue weighted by atomic mass is 32.2. The first kappa shape index (κ1) is 21.4. The second kappa shape index (κ2) is 8.98. The molecule has 2 aromatic heterocycles. The Balaban J connectivity index is 2.23. The van der Waals surface area contributed by atoms with Crippen molar-refractivity contribution in [3.8, 4) is 11.1 Å². The Labute approximate surface area is 176 Å². The van der Waals surface area contributed by atoms with Crippen molar-refractivity contribution in [3.05, 3.63) is 54.0 Å². The number of aromatic nitrogens is 2. The Kier molecular flexibility index (Phi) is 6.62. The zero-order valence-electron chi connectivity index (χ0n) is 17.6. The van der Waals surface area contributed by atoms with E-state index in [2.05, 4.69) is 28.6 Å². The molecule has 5 nitrogen and oxygen atoms in total. The van der Waals surface area contributed by atoms with Crippen LogP contribution in [0.1, 0.15) is 5.69 Å². The molecule has 0 aliphatic carbocycles. The zero-order valence-corrected chi connectivity index (χ0v) is 18.4. The standard InChI is InChI=1S/C22H28FN5S/c1-15-21(16-7-6-8-18(13-16)29-27(4)5)22-19(9-10-20(25-22)26(2)3)28(15)14-17(23)11-12-24/h6-11,13H,12,14,24H2,1-5H3/b17-11-. The summed E-state index contributed by atoms with van der Waals surface area (Å²) in [4.78, 5) is 8.02. The van der Waals surface area contributed by atoms with E-state index in [1.54, 1.807) is 11.9 Å². The van der Waals surface area contributed by atoms with Crippen molar-refractivity contribution < 1.29 is 4.39 Å². The first-order valence-electron chi connectivity index (χ1n) is 9.49. The molecule has 3 aromatic rings. The summed E-state index contributed by atoms with van der Waals surface area (Å²) in [6.07, 6.45) is 1.42. The van der Waals surface area contributed by atoms with Crippen molar-refractivity contribution in [2.75, 3.05) is 39.6 Å². The molecule has 0 radical (unpaired) electrons. The van der Waals surface area contributed by atoms with Crippen molar-refractivity contribution >= 4 is 28.8 Å². The van der Waals surface area contributed by atoms with E-state index in [9.17, 15) is 4.39 Å². The van der Waals surface area contributed by atoms with E-state index < -0.39 is 0 Å². The van der Waals surface area contributed by atoms with Gasteiger partial charge in [-0.2, -0.15) is 0 Å². The minimum absolute atomic E-state index is 0.147. The normalized spacial score (nSPS) is 12.2. The molecule has 0 atom stereocenters. The fraction of sp³-hybridized carbons (Fsp3) is 0.318. The van der Waals surface area contributed by atoms with Crippen LogP contribution in [0.4, 0.5) is 10.2 Å². The number of anilines is 1. The molecule has 0 fully saturated rings. The smallest absolute Gasteiger partial charge is 0.128 e. The number of nitrogens with two attached hydrogens (primary N) is 1. The van der Waals surface area contributed by atoms with Crippen LogP contribution in [0, 0.1) is 6.92 Å². The van der Waals surface area contributed by atoms with Gasteiger partial charge in [0.15, 0.2) is 0 Å². The number of allylic oxidation sites excluding steroid dienone is 1. The molecule has 2 heterocycles. The van der Waals surface area contributed by atoms with Gasteiger partial charge in [-0.05, 0) is 68.9 Å². The Morgan fingerprint density at radius 1 is 1.21 bits per heavy atom. The number of hydrogen-bond acceptors (Lipinski definition) is 5. The molecule has 0 amide bonds. The van der Waals surface area contributed by atoms with Crippen LogP contribution in [0.2, 0.25) is 0 Å². The van der Waals surface area contributed by atoms with Crippen LogP contribution in [-0.4, -0.2) is 48.6 Å².